The Hall–Kier alpha value is -1.78. The number of carbonyl (C=O) groups is 1. The molecule has 4 heteroatoms. The number of carbonyl (C=O) groups excluding carboxylic acids is 1. The number of aryl methyl sites for hydroxylation is 1. The van der Waals surface area contributed by atoms with Crippen molar-refractivity contribution < 1.29 is 9.53 Å². The van der Waals surface area contributed by atoms with Crippen LogP contribution < -0.4 is 0 Å². The van der Waals surface area contributed by atoms with E-state index in [2.05, 4.69) is 49.9 Å². The average Bonchev–Trinajstić information content (AvgIpc) is 2.64. The van der Waals surface area contributed by atoms with E-state index in [9.17, 15) is 4.79 Å². The summed E-state index contributed by atoms with van der Waals surface area (Å²) in [5, 5.41) is -0.289. The highest BCUT2D eigenvalue weighted by Crippen LogP contribution is 2.49. The molecule has 0 spiro atoms. The van der Waals surface area contributed by atoms with Crippen LogP contribution in [-0.4, -0.2) is 37.1 Å². The van der Waals surface area contributed by atoms with E-state index in [0.29, 0.717) is 6.61 Å². The number of rotatable bonds is 6. The molecule has 2 aromatic carbocycles. The highest BCUT2D eigenvalue weighted by atomic mass is 32.2. The number of benzene rings is 2. The van der Waals surface area contributed by atoms with Crippen molar-refractivity contribution in [2.45, 2.75) is 30.9 Å². The second-order valence-corrected chi connectivity index (χ2v) is 7.43. The molecule has 0 N–H and O–H groups in total. The van der Waals surface area contributed by atoms with Gasteiger partial charge >= 0.3 is 5.97 Å². The molecule has 0 amide bonds. The van der Waals surface area contributed by atoms with Crippen LogP contribution in [0, 0.1) is 6.92 Å². The molecule has 1 heterocycles. The predicted octanol–water partition coefficient (Wildman–Crippen LogP) is 4.69. The molecule has 1 atom stereocenters. The van der Waals surface area contributed by atoms with Crippen LogP contribution in [0.2, 0.25) is 0 Å². The number of fused-ring (bicyclic) bond motifs is 3. The summed E-state index contributed by atoms with van der Waals surface area (Å²) in [6, 6.07) is 14.6. The number of hydrogen-bond donors (Lipinski definition) is 0. The molecule has 2 aromatic rings. The van der Waals surface area contributed by atoms with Crippen LogP contribution in [0.1, 0.15) is 30.2 Å². The van der Waals surface area contributed by atoms with Crippen LogP contribution in [0.4, 0.5) is 0 Å². The van der Waals surface area contributed by atoms with Crippen LogP contribution in [0.3, 0.4) is 0 Å². The first-order valence-corrected chi connectivity index (χ1v) is 9.77. The molecule has 0 saturated heterocycles. The van der Waals surface area contributed by atoms with Crippen LogP contribution in [-0.2, 0) is 9.53 Å². The van der Waals surface area contributed by atoms with Crippen molar-refractivity contribution in [3.8, 4) is 11.1 Å². The Morgan fingerprint density at radius 2 is 1.88 bits per heavy atom. The molecule has 0 aromatic heterocycles. The molecule has 0 bridgehead atoms. The van der Waals surface area contributed by atoms with Crippen molar-refractivity contribution in [1.29, 1.82) is 0 Å². The third-order valence-electron chi connectivity index (χ3n) is 4.67. The first-order valence-electron chi connectivity index (χ1n) is 8.89. The third kappa shape index (κ3) is 3.91. The summed E-state index contributed by atoms with van der Waals surface area (Å²) < 4.78 is 5.61. The van der Waals surface area contributed by atoms with Gasteiger partial charge in [-0.3, -0.25) is 4.79 Å². The summed E-state index contributed by atoms with van der Waals surface area (Å²) in [4.78, 5) is 16.1. The highest BCUT2D eigenvalue weighted by molar-refractivity contribution is 8.00. The molecule has 25 heavy (non-hydrogen) atoms. The van der Waals surface area contributed by atoms with E-state index in [1.54, 1.807) is 11.8 Å². The Morgan fingerprint density at radius 1 is 1.12 bits per heavy atom. The number of thioether (sulfide) groups is 1. The number of likely N-dealkylation sites (N-methyl/N-ethyl adjacent to an activating group) is 1. The van der Waals surface area contributed by atoms with Gasteiger partial charge in [0.15, 0.2) is 0 Å². The minimum Gasteiger partial charge on any atom is -0.463 e. The molecule has 0 radical (unpaired) electrons. The first-order chi connectivity index (χ1) is 12.1. The lowest BCUT2D eigenvalue weighted by Gasteiger charge is -2.26. The van der Waals surface area contributed by atoms with Gasteiger partial charge in [-0.2, -0.15) is 0 Å². The lowest BCUT2D eigenvalue weighted by molar-refractivity contribution is -0.143. The topological polar surface area (TPSA) is 29.5 Å². The Balaban J connectivity index is 1.79. The summed E-state index contributed by atoms with van der Waals surface area (Å²) in [7, 11) is 0. The van der Waals surface area contributed by atoms with Crippen molar-refractivity contribution in [3.05, 3.63) is 53.6 Å². The molecule has 132 valence electrons. The first kappa shape index (κ1) is 18.0. The fourth-order valence-electron chi connectivity index (χ4n) is 3.18. The Labute approximate surface area is 154 Å². The maximum atomic E-state index is 12.7. The molecule has 3 nitrogen and oxygen atoms in total. The van der Waals surface area contributed by atoms with E-state index in [0.717, 1.165) is 35.7 Å². The van der Waals surface area contributed by atoms with Crippen LogP contribution in [0.25, 0.3) is 11.1 Å². The lowest BCUT2D eigenvalue weighted by atomic mass is 9.95. The standard InChI is InChI=1S/C21H25NO2S/c1-4-22(5-2)12-13-24-21(23)20-17-9-7-6-8-16(17)18-14-15(3)10-11-19(18)25-20/h6-11,14,20H,4-5,12-13H2,1-3H3. The molecule has 0 saturated carbocycles. The van der Waals surface area contributed by atoms with Gasteiger partial charge in [-0.1, -0.05) is 55.8 Å². The lowest BCUT2D eigenvalue weighted by Crippen LogP contribution is -2.28. The maximum Gasteiger partial charge on any atom is 0.324 e. The quantitative estimate of drug-likeness (QED) is 0.703. The summed E-state index contributed by atoms with van der Waals surface area (Å²) in [5.41, 5.74) is 4.64. The van der Waals surface area contributed by atoms with Gasteiger partial charge < -0.3 is 9.64 Å². The van der Waals surface area contributed by atoms with Gasteiger partial charge in [0.05, 0.1) is 0 Å². The molecule has 1 unspecified atom stereocenters. The second kappa shape index (κ2) is 8.07. The van der Waals surface area contributed by atoms with Crippen molar-refractivity contribution in [2.24, 2.45) is 0 Å². The van der Waals surface area contributed by atoms with Crippen molar-refractivity contribution >= 4 is 17.7 Å². The molecule has 3 rings (SSSR count). The summed E-state index contributed by atoms with van der Waals surface area (Å²) in [6.45, 7) is 9.52. The zero-order valence-corrected chi connectivity index (χ0v) is 15.9. The Morgan fingerprint density at radius 3 is 2.64 bits per heavy atom. The summed E-state index contributed by atoms with van der Waals surface area (Å²) in [5.74, 6) is -0.143. The Kier molecular flexibility index (Phi) is 5.82. The van der Waals surface area contributed by atoms with Crippen molar-refractivity contribution in [1.82, 2.24) is 4.90 Å². The zero-order chi connectivity index (χ0) is 17.8. The maximum absolute atomic E-state index is 12.7. The molecule has 1 aliphatic rings. The van der Waals surface area contributed by atoms with E-state index in [1.165, 1.54) is 11.1 Å². The van der Waals surface area contributed by atoms with E-state index in [4.69, 9.17) is 4.74 Å². The number of esters is 1. The fraction of sp³-hybridized carbons (Fsp3) is 0.381. The number of hydrogen-bond acceptors (Lipinski definition) is 4. The van der Waals surface area contributed by atoms with E-state index in [1.807, 2.05) is 18.2 Å². The summed E-state index contributed by atoms with van der Waals surface area (Å²) >= 11 is 1.60. The predicted molar refractivity (Wildman–Crippen MR) is 104 cm³/mol. The van der Waals surface area contributed by atoms with Gasteiger partial charge in [-0.15, -0.1) is 11.8 Å². The van der Waals surface area contributed by atoms with Gasteiger partial charge in [0.1, 0.15) is 11.9 Å². The van der Waals surface area contributed by atoms with Gasteiger partial charge in [0.2, 0.25) is 0 Å². The summed E-state index contributed by atoms with van der Waals surface area (Å²) in [6.07, 6.45) is 0. The largest absolute Gasteiger partial charge is 0.463 e. The highest BCUT2D eigenvalue weighted by Gasteiger charge is 2.31. The van der Waals surface area contributed by atoms with Crippen LogP contribution >= 0.6 is 11.8 Å². The smallest absolute Gasteiger partial charge is 0.324 e. The zero-order valence-electron chi connectivity index (χ0n) is 15.1. The van der Waals surface area contributed by atoms with Gasteiger partial charge in [-0.25, -0.2) is 0 Å². The second-order valence-electron chi connectivity index (χ2n) is 6.28. The van der Waals surface area contributed by atoms with E-state index >= 15 is 0 Å². The van der Waals surface area contributed by atoms with E-state index < -0.39 is 0 Å². The third-order valence-corrected chi connectivity index (χ3v) is 5.97. The SMILES string of the molecule is CCN(CC)CCOC(=O)C1Sc2ccc(C)cc2-c2ccccc21. The molecular formula is C21H25NO2S. The number of nitrogens with zero attached hydrogens (tertiary/aromatic N) is 1. The monoisotopic (exact) mass is 355 g/mol. The minimum absolute atomic E-state index is 0.143. The van der Waals surface area contributed by atoms with Gasteiger partial charge in [0.25, 0.3) is 0 Å². The fourth-order valence-corrected chi connectivity index (χ4v) is 4.38. The average molecular weight is 356 g/mol. The van der Waals surface area contributed by atoms with Crippen LogP contribution in [0.5, 0.6) is 0 Å². The molecule has 1 aliphatic heterocycles. The van der Waals surface area contributed by atoms with Gasteiger partial charge in [-0.05, 0) is 42.8 Å². The van der Waals surface area contributed by atoms with Crippen molar-refractivity contribution in [2.75, 3.05) is 26.2 Å². The minimum atomic E-state index is -0.289. The van der Waals surface area contributed by atoms with Crippen LogP contribution in [0.15, 0.2) is 47.4 Å². The molecular weight excluding hydrogens is 330 g/mol. The number of ether oxygens (including phenoxy) is 1. The van der Waals surface area contributed by atoms with E-state index in [-0.39, 0.29) is 11.2 Å². The molecule has 0 aliphatic carbocycles. The Bertz CT molecular complexity index is 755. The molecule has 0 fully saturated rings. The van der Waals surface area contributed by atoms with Crippen molar-refractivity contribution in [3.63, 3.8) is 0 Å². The van der Waals surface area contributed by atoms with Gasteiger partial charge in [0, 0.05) is 11.4 Å². The normalized spacial score (nSPS) is 15.6.